The molecule has 1 aromatic carbocycles. The first kappa shape index (κ1) is 22.8. The van der Waals surface area contributed by atoms with E-state index in [1.165, 1.54) is 23.2 Å². The highest BCUT2D eigenvalue weighted by Gasteiger charge is 2.27. The van der Waals surface area contributed by atoms with Gasteiger partial charge in [-0.2, -0.15) is 0 Å². The largest absolute Gasteiger partial charge is 0.458 e. The number of anilines is 1. The van der Waals surface area contributed by atoms with E-state index in [0.717, 1.165) is 0 Å². The van der Waals surface area contributed by atoms with Gasteiger partial charge in [-0.15, -0.1) is 11.3 Å². The van der Waals surface area contributed by atoms with Crippen LogP contribution in [0.25, 0.3) is 0 Å². The van der Waals surface area contributed by atoms with Gasteiger partial charge in [0.05, 0.1) is 16.3 Å². The van der Waals surface area contributed by atoms with Crippen molar-refractivity contribution in [1.29, 1.82) is 0 Å². The van der Waals surface area contributed by atoms with Crippen LogP contribution in [0.1, 0.15) is 43.7 Å². The maximum Gasteiger partial charge on any atom is 0.329 e. The van der Waals surface area contributed by atoms with E-state index in [1.54, 1.807) is 29.6 Å². The van der Waals surface area contributed by atoms with E-state index in [2.05, 4.69) is 10.3 Å². The van der Waals surface area contributed by atoms with Crippen LogP contribution in [0.4, 0.5) is 5.13 Å². The van der Waals surface area contributed by atoms with Crippen LogP contribution >= 0.6 is 22.9 Å². The number of nitrogens with one attached hydrogen (secondary N) is 1. The van der Waals surface area contributed by atoms with Crippen LogP contribution in [0.3, 0.4) is 0 Å². The Morgan fingerprint density at radius 3 is 2.55 bits per heavy atom. The Kier molecular flexibility index (Phi) is 8.16. The van der Waals surface area contributed by atoms with Crippen molar-refractivity contribution in [3.63, 3.8) is 0 Å². The number of amides is 2. The molecule has 156 valence electrons. The fourth-order valence-electron chi connectivity index (χ4n) is 2.58. The number of carbonyl (C=O) groups is 3. The fraction of sp³-hybridized carbons (Fsp3) is 0.400. The van der Waals surface area contributed by atoms with Gasteiger partial charge < -0.3 is 10.1 Å². The van der Waals surface area contributed by atoms with Crippen molar-refractivity contribution in [3.8, 4) is 0 Å². The highest BCUT2D eigenvalue weighted by atomic mass is 35.5. The summed E-state index contributed by atoms with van der Waals surface area (Å²) in [5.74, 6) is -1.29. The molecule has 2 rings (SSSR count). The molecule has 1 unspecified atom stereocenters. The van der Waals surface area contributed by atoms with E-state index in [9.17, 15) is 14.4 Å². The summed E-state index contributed by atoms with van der Waals surface area (Å²) in [5, 5.41) is 5.29. The van der Waals surface area contributed by atoms with Gasteiger partial charge in [0.2, 0.25) is 5.91 Å². The molecule has 1 atom stereocenters. The second kappa shape index (κ2) is 10.4. The molecule has 0 aliphatic rings. The van der Waals surface area contributed by atoms with Gasteiger partial charge in [0.25, 0.3) is 5.91 Å². The van der Waals surface area contributed by atoms with Gasteiger partial charge >= 0.3 is 5.97 Å². The number of halogens is 1. The Balaban J connectivity index is 2.02. The zero-order chi connectivity index (χ0) is 21.6. The molecule has 0 bridgehead atoms. The molecule has 0 fully saturated rings. The smallest absolute Gasteiger partial charge is 0.329 e. The van der Waals surface area contributed by atoms with Crippen molar-refractivity contribution < 1.29 is 19.1 Å². The number of ether oxygens (including phenoxy) is 1. The van der Waals surface area contributed by atoms with Crippen LogP contribution in [0.5, 0.6) is 0 Å². The minimum atomic E-state index is -0.832. The Labute approximate surface area is 179 Å². The zero-order valence-corrected chi connectivity index (χ0v) is 18.3. The maximum atomic E-state index is 12.6. The summed E-state index contributed by atoms with van der Waals surface area (Å²) in [6.45, 7) is 7.41. The summed E-state index contributed by atoms with van der Waals surface area (Å²) in [4.78, 5) is 42.5. The Morgan fingerprint density at radius 2 is 1.97 bits per heavy atom. The number of carbonyl (C=O) groups excluding carboxylic acids is 3. The standard InChI is InChI=1S/C20H24ClN3O4S/c1-5-24(13(4)25)20-22-14(11-29-20)10-28-19(27)17(12(2)3)23-18(26)15-8-6-7-9-16(15)21/h6-9,11-12,17H,5,10H2,1-4H3,(H,23,26). The Hall–Kier alpha value is -2.45. The van der Waals surface area contributed by atoms with Crippen LogP contribution < -0.4 is 10.2 Å². The van der Waals surface area contributed by atoms with E-state index < -0.39 is 17.9 Å². The molecular formula is C20H24ClN3O4S. The Bertz CT molecular complexity index is 884. The summed E-state index contributed by atoms with van der Waals surface area (Å²) < 4.78 is 5.36. The second-order valence-electron chi connectivity index (χ2n) is 6.67. The normalized spacial score (nSPS) is 11.8. The molecule has 9 heteroatoms. The van der Waals surface area contributed by atoms with Crippen molar-refractivity contribution >= 4 is 45.9 Å². The molecule has 2 amide bonds. The average molecular weight is 438 g/mol. The molecular weight excluding hydrogens is 414 g/mol. The molecule has 0 spiro atoms. The van der Waals surface area contributed by atoms with Crippen LogP contribution in [0.15, 0.2) is 29.6 Å². The van der Waals surface area contributed by atoms with Crippen molar-refractivity contribution in [2.24, 2.45) is 5.92 Å². The van der Waals surface area contributed by atoms with E-state index in [-0.39, 0.29) is 18.4 Å². The fourth-order valence-corrected chi connectivity index (χ4v) is 3.71. The number of thiazole rings is 1. The van der Waals surface area contributed by atoms with Gasteiger partial charge in [-0.25, -0.2) is 9.78 Å². The van der Waals surface area contributed by atoms with Crippen LogP contribution in [-0.4, -0.2) is 35.4 Å². The number of hydrogen-bond acceptors (Lipinski definition) is 6. The molecule has 0 radical (unpaired) electrons. The van der Waals surface area contributed by atoms with Gasteiger partial charge in [0.15, 0.2) is 5.13 Å². The molecule has 29 heavy (non-hydrogen) atoms. The third-order valence-electron chi connectivity index (χ3n) is 4.15. The van der Waals surface area contributed by atoms with E-state index in [4.69, 9.17) is 16.3 Å². The number of rotatable bonds is 8. The minimum Gasteiger partial charge on any atom is -0.458 e. The predicted octanol–water partition coefficient (Wildman–Crippen LogP) is 3.67. The van der Waals surface area contributed by atoms with Crippen LogP contribution in [0, 0.1) is 5.92 Å². The number of esters is 1. The minimum absolute atomic E-state index is 0.0457. The van der Waals surface area contributed by atoms with Gasteiger partial charge in [0, 0.05) is 18.8 Å². The summed E-state index contributed by atoms with van der Waals surface area (Å²) in [6.07, 6.45) is 0. The molecule has 0 aliphatic carbocycles. The SMILES string of the molecule is CCN(C(C)=O)c1nc(COC(=O)C(NC(=O)c2ccccc2Cl)C(C)C)cs1. The predicted molar refractivity (Wildman–Crippen MR) is 113 cm³/mol. The van der Waals surface area contributed by atoms with Crippen molar-refractivity contribution in [1.82, 2.24) is 10.3 Å². The first-order valence-electron chi connectivity index (χ1n) is 9.19. The average Bonchev–Trinajstić information content (AvgIpc) is 3.13. The monoisotopic (exact) mass is 437 g/mol. The second-order valence-corrected chi connectivity index (χ2v) is 7.91. The number of aromatic nitrogens is 1. The number of hydrogen-bond donors (Lipinski definition) is 1. The lowest BCUT2D eigenvalue weighted by Crippen LogP contribution is -2.45. The topological polar surface area (TPSA) is 88.6 Å². The third kappa shape index (κ3) is 6.01. The number of nitrogens with zero attached hydrogens (tertiary/aromatic N) is 2. The van der Waals surface area contributed by atoms with E-state index >= 15 is 0 Å². The first-order chi connectivity index (χ1) is 13.7. The molecule has 1 aromatic heterocycles. The maximum absolute atomic E-state index is 12.6. The molecule has 0 saturated carbocycles. The van der Waals surface area contributed by atoms with Gasteiger partial charge in [0.1, 0.15) is 12.6 Å². The van der Waals surface area contributed by atoms with Crippen LogP contribution in [0.2, 0.25) is 5.02 Å². The van der Waals surface area contributed by atoms with Gasteiger partial charge in [-0.1, -0.05) is 37.6 Å². The van der Waals surface area contributed by atoms with Crippen molar-refractivity contribution in [3.05, 3.63) is 45.9 Å². The Morgan fingerprint density at radius 1 is 1.28 bits per heavy atom. The molecule has 1 heterocycles. The third-order valence-corrected chi connectivity index (χ3v) is 5.40. The summed E-state index contributed by atoms with van der Waals surface area (Å²) in [7, 11) is 0. The summed E-state index contributed by atoms with van der Waals surface area (Å²) >= 11 is 7.36. The van der Waals surface area contributed by atoms with Crippen molar-refractivity contribution in [2.75, 3.05) is 11.4 Å². The lowest BCUT2D eigenvalue weighted by Gasteiger charge is -2.21. The van der Waals surface area contributed by atoms with Gasteiger partial charge in [-0.05, 0) is 25.0 Å². The highest BCUT2D eigenvalue weighted by molar-refractivity contribution is 7.14. The molecule has 0 saturated heterocycles. The van der Waals surface area contributed by atoms with E-state index in [0.29, 0.717) is 28.0 Å². The lowest BCUT2D eigenvalue weighted by molar-refractivity contribution is -0.148. The van der Waals surface area contributed by atoms with Gasteiger partial charge in [-0.3, -0.25) is 14.5 Å². The van der Waals surface area contributed by atoms with Crippen LogP contribution in [-0.2, 0) is 20.9 Å². The quantitative estimate of drug-likeness (QED) is 0.636. The molecule has 0 aliphatic heterocycles. The molecule has 1 N–H and O–H groups in total. The summed E-state index contributed by atoms with van der Waals surface area (Å²) in [6, 6.07) is 5.79. The van der Waals surface area contributed by atoms with Crippen molar-refractivity contribution in [2.45, 2.75) is 40.3 Å². The molecule has 7 nitrogen and oxygen atoms in total. The lowest BCUT2D eigenvalue weighted by atomic mass is 10.0. The van der Waals surface area contributed by atoms with E-state index in [1.807, 2.05) is 20.8 Å². The number of benzene rings is 1. The zero-order valence-electron chi connectivity index (χ0n) is 16.8. The first-order valence-corrected chi connectivity index (χ1v) is 10.4. The molecule has 2 aromatic rings. The highest BCUT2D eigenvalue weighted by Crippen LogP contribution is 2.21. The summed E-state index contributed by atoms with van der Waals surface area (Å²) in [5.41, 5.74) is 0.832.